The van der Waals surface area contributed by atoms with Crippen LogP contribution in [0.1, 0.15) is 13.8 Å². The van der Waals surface area contributed by atoms with E-state index in [4.69, 9.17) is 17.3 Å². The van der Waals surface area contributed by atoms with Crippen LogP contribution in [0.15, 0.2) is 10.6 Å². The molecule has 4 nitrogen and oxygen atoms in total. The SMILES string of the molecule is CC1=C(C(=O)O)N2C(=S)C(C(C)O)[C@@H]2S1. The Hall–Kier alpha value is -0.590. The molecule has 2 rings (SSSR count). The smallest absolute Gasteiger partial charge is 0.353 e. The average Bonchev–Trinajstić information content (AvgIpc) is 2.38. The maximum Gasteiger partial charge on any atom is 0.353 e. The van der Waals surface area contributed by atoms with E-state index in [9.17, 15) is 9.90 Å². The minimum atomic E-state index is -0.950. The molecule has 0 aromatic rings. The first-order valence-electron chi connectivity index (χ1n) is 4.57. The van der Waals surface area contributed by atoms with Crippen molar-refractivity contribution < 1.29 is 15.0 Å². The van der Waals surface area contributed by atoms with Gasteiger partial charge in [0.15, 0.2) is 0 Å². The number of hydrogen-bond donors (Lipinski definition) is 2. The van der Waals surface area contributed by atoms with Crippen LogP contribution in [0.5, 0.6) is 0 Å². The molecule has 0 aromatic heterocycles. The van der Waals surface area contributed by atoms with Gasteiger partial charge in [0.05, 0.1) is 22.4 Å². The van der Waals surface area contributed by atoms with Crippen LogP contribution in [-0.2, 0) is 4.79 Å². The lowest BCUT2D eigenvalue weighted by Crippen LogP contribution is -2.59. The Bertz CT molecular complexity index is 378. The van der Waals surface area contributed by atoms with Gasteiger partial charge in [0, 0.05) is 4.91 Å². The second-order valence-electron chi connectivity index (χ2n) is 3.69. The van der Waals surface area contributed by atoms with E-state index in [1.165, 1.54) is 11.8 Å². The first kappa shape index (κ1) is 10.9. The fourth-order valence-corrected chi connectivity index (χ4v) is 4.13. The number of hydrogen-bond acceptors (Lipinski definition) is 4. The second kappa shape index (κ2) is 3.47. The van der Waals surface area contributed by atoms with Gasteiger partial charge in [-0.05, 0) is 13.8 Å². The summed E-state index contributed by atoms with van der Waals surface area (Å²) in [7, 11) is 0. The van der Waals surface area contributed by atoms with Crippen LogP contribution < -0.4 is 0 Å². The molecular weight excluding hydrogens is 234 g/mol. The lowest BCUT2D eigenvalue weighted by molar-refractivity contribution is -0.134. The minimum absolute atomic E-state index is 0.0244. The van der Waals surface area contributed by atoms with E-state index in [1.807, 2.05) is 0 Å². The van der Waals surface area contributed by atoms with E-state index in [1.54, 1.807) is 18.7 Å². The number of thioether (sulfide) groups is 1. The Morgan fingerprint density at radius 1 is 1.67 bits per heavy atom. The molecule has 2 aliphatic heterocycles. The largest absolute Gasteiger partial charge is 0.477 e. The molecular formula is C9H11NO3S2. The van der Waals surface area contributed by atoms with Gasteiger partial charge in [0.25, 0.3) is 0 Å². The van der Waals surface area contributed by atoms with Crippen molar-refractivity contribution in [1.82, 2.24) is 4.90 Å². The van der Waals surface area contributed by atoms with Gasteiger partial charge < -0.3 is 15.1 Å². The Labute approximate surface area is 96.9 Å². The summed E-state index contributed by atoms with van der Waals surface area (Å²) >= 11 is 6.59. The van der Waals surface area contributed by atoms with Crippen molar-refractivity contribution in [1.29, 1.82) is 0 Å². The van der Waals surface area contributed by atoms with E-state index in [0.717, 1.165) is 4.91 Å². The van der Waals surface area contributed by atoms with Crippen molar-refractivity contribution in [3.63, 3.8) is 0 Å². The molecule has 0 bridgehead atoms. The predicted octanol–water partition coefficient (Wildman–Crippen LogP) is 1.02. The van der Waals surface area contributed by atoms with Crippen molar-refractivity contribution in [3.05, 3.63) is 10.6 Å². The monoisotopic (exact) mass is 245 g/mol. The van der Waals surface area contributed by atoms with Gasteiger partial charge >= 0.3 is 5.97 Å². The number of carboxylic acid groups (broad SMARTS) is 1. The maximum absolute atomic E-state index is 11.0. The normalized spacial score (nSPS) is 31.4. The number of carboxylic acids is 1. The molecule has 0 amide bonds. The summed E-state index contributed by atoms with van der Waals surface area (Å²) in [5, 5.41) is 18.5. The Balaban J connectivity index is 2.27. The summed E-state index contributed by atoms with van der Waals surface area (Å²) in [6.07, 6.45) is -0.521. The van der Waals surface area contributed by atoms with E-state index >= 15 is 0 Å². The van der Waals surface area contributed by atoms with Gasteiger partial charge in [-0.25, -0.2) is 4.79 Å². The predicted molar refractivity (Wildman–Crippen MR) is 61.3 cm³/mol. The molecule has 3 atom stereocenters. The molecule has 0 radical (unpaired) electrons. The number of carbonyl (C=O) groups is 1. The molecule has 82 valence electrons. The molecule has 1 saturated heterocycles. The highest BCUT2D eigenvalue weighted by atomic mass is 32.2. The quantitative estimate of drug-likeness (QED) is 0.708. The Morgan fingerprint density at radius 2 is 2.27 bits per heavy atom. The third-order valence-electron chi connectivity index (χ3n) is 2.68. The van der Waals surface area contributed by atoms with Crippen molar-refractivity contribution in [2.45, 2.75) is 25.3 Å². The summed E-state index contributed by atoms with van der Waals surface area (Å²) in [6, 6.07) is 0. The molecule has 0 spiro atoms. The maximum atomic E-state index is 11.0. The molecule has 2 aliphatic rings. The van der Waals surface area contributed by atoms with E-state index < -0.39 is 12.1 Å². The van der Waals surface area contributed by atoms with Crippen LogP contribution >= 0.6 is 24.0 Å². The van der Waals surface area contributed by atoms with Crippen LogP contribution in [0, 0.1) is 5.92 Å². The molecule has 0 aliphatic carbocycles. The first-order chi connectivity index (χ1) is 6.95. The zero-order valence-electron chi connectivity index (χ0n) is 8.30. The number of aliphatic carboxylic acids is 1. The highest BCUT2D eigenvalue weighted by molar-refractivity contribution is 8.04. The molecule has 0 saturated carbocycles. The van der Waals surface area contributed by atoms with Crippen LogP contribution in [0.25, 0.3) is 0 Å². The molecule has 15 heavy (non-hydrogen) atoms. The summed E-state index contributed by atoms with van der Waals surface area (Å²) < 4.78 is 0. The number of aliphatic hydroxyl groups excluding tert-OH is 1. The number of rotatable bonds is 2. The first-order valence-corrected chi connectivity index (χ1v) is 5.86. The standard InChI is InChI=1S/C9H11NO3S2/c1-3(11)5-7(14)10-6(9(12)13)4(2)15-8(5)10/h3,5,8,11H,1-2H3,(H,12,13)/t3?,5?,8-/m0/s1. The van der Waals surface area contributed by atoms with E-state index in [-0.39, 0.29) is 17.0 Å². The number of nitrogens with zero attached hydrogens (tertiary/aromatic N) is 1. The molecule has 2 heterocycles. The van der Waals surface area contributed by atoms with Crippen molar-refractivity contribution in [2.75, 3.05) is 0 Å². The highest BCUT2D eigenvalue weighted by Crippen LogP contribution is 2.50. The fraction of sp³-hybridized carbons (Fsp3) is 0.556. The van der Waals surface area contributed by atoms with Gasteiger partial charge in [0.1, 0.15) is 5.70 Å². The van der Waals surface area contributed by atoms with Gasteiger partial charge in [-0.3, -0.25) is 0 Å². The van der Waals surface area contributed by atoms with Gasteiger partial charge in [-0.15, -0.1) is 11.8 Å². The molecule has 2 N–H and O–H groups in total. The van der Waals surface area contributed by atoms with Crippen molar-refractivity contribution in [2.24, 2.45) is 5.92 Å². The second-order valence-corrected chi connectivity index (χ2v) is 5.44. The molecule has 0 aromatic carbocycles. The number of thiocarbonyl (C=S) groups is 1. The summed E-state index contributed by atoms with van der Waals surface area (Å²) in [4.78, 5) is 13.9. The fourth-order valence-electron chi connectivity index (χ4n) is 1.95. The molecule has 1 fully saturated rings. The van der Waals surface area contributed by atoms with E-state index in [2.05, 4.69) is 0 Å². The van der Waals surface area contributed by atoms with Crippen LogP contribution in [0.2, 0.25) is 0 Å². The summed E-state index contributed by atoms with van der Waals surface area (Å²) in [6.45, 7) is 3.46. The topological polar surface area (TPSA) is 60.8 Å². The van der Waals surface area contributed by atoms with Gasteiger partial charge in [-0.2, -0.15) is 0 Å². The number of aliphatic hydroxyl groups is 1. The Morgan fingerprint density at radius 3 is 2.73 bits per heavy atom. The van der Waals surface area contributed by atoms with Crippen molar-refractivity contribution >= 4 is 34.9 Å². The van der Waals surface area contributed by atoms with Gasteiger partial charge in [0.2, 0.25) is 0 Å². The molecule has 6 heteroatoms. The average molecular weight is 245 g/mol. The summed E-state index contributed by atoms with van der Waals surface area (Å²) in [5.41, 5.74) is 0.270. The van der Waals surface area contributed by atoms with Crippen molar-refractivity contribution in [3.8, 4) is 0 Å². The highest BCUT2D eigenvalue weighted by Gasteiger charge is 2.53. The van der Waals surface area contributed by atoms with Gasteiger partial charge in [-0.1, -0.05) is 12.2 Å². The van der Waals surface area contributed by atoms with E-state index in [0.29, 0.717) is 4.99 Å². The zero-order valence-corrected chi connectivity index (χ0v) is 9.93. The van der Waals surface area contributed by atoms with Crippen LogP contribution in [0.4, 0.5) is 0 Å². The minimum Gasteiger partial charge on any atom is -0.477 e. The lowest BCUT2D eigenvalue weighted by atomic mass is 9.93. The number of allylic oxidation sites excluding steroid dienone is 1. The lowest BCUT2D eigenvalue weighted by Gasteiger charge is -2.46. The third-order valence-corrected chi connectivity index (χ3v) is 4.44. The van der Waals surface area contributed by atoms with Crippen LogP contribution in [0.3, 0.4) is 0 Å². The zero-order chi connectivity index (χ0) is 11.3. The number of fused-ring (bicyclic) bond motifs is 1. The Kier molecular flexibility index (Phi) is 2.52. The third kappa shape index (κ3) is 1.39. The summed E-state index contributed by atoms with van der Waals surface area (Å²) in [5.74, 6) is -1.05. The molecule has 2 unspecified atom stereocenters. The van der Waals surface area contributed by atoms with Crippen LogP contribution in [-0.4, -0.2) is 37.5 Å².